The quantitative estimate of drug-likeness (QED) is 0.653. The molecular formula is C15H10N4. The fourth-order valence-corrected chi connectivity index (χ4v) is 2.05. The number of para-hydroxylation sites is 1. The van der Waals surface area contributed by atoms with E-state index in [0.717, 1.165) is 16.6 Å². The summed E-state index contributed by atoms with van der Waals surface area (Å²) < 4.78 is 1.93. The van der Waals surface area contributed by atoms with Crippen molar-refractivity contribution < 1.29 is 0 Å². The highest BCUT2D eigenvalue weighted by molar-refractivity contribution is 5.85. The molecule has 0 saturated heterocycles. The van der Waals surface area contributed by atoms with Crippen LogP contribution in [0.4, 0.5) is 0 Å². The SMILES string of the molecule is N#C/C=C/c1cc2ccccc2n1-c1ncccn1. The molecule has 0 fully saturated rings. The Labute approximate surface area is 110 Å². The minimum atomic E-state index is 0.598. The van der Waals surface area contributed by atoms with E-state index in [2.05, 4.69) is 9.97 Å². The topological polar surface area (TPSA) is 54.5 Å². The molecule has 4 nitrogen and oxygen atoms in total. The maximum atomic E-state index is 8.69. The van der Waals surface area contributed by atoms with Gasteiger partial charge in [-0.05, 0) is 24.3 Å². The third-order valence-electron chi connectivity index (χ3n) is 2.82. The summed E-state index contributed by atoms with van der Waals surface area (Å²) in [7, 11) is 0. The monoisotopic (exact) mass is 246 g/mol. The molecule has 0 saturated carbocycles. The van der Waals surface area contributed by atoms with Crippen molar-refractivity contribution >= 4 is 17.0 Å². The van der Waals surface area contributed by atoms with E-state index in [1.807, 2.05) is 41.0 Å². The van der Waals surface area contributed by atoms with E-state index in [4.69, 9.17) is 5.26 Å². The van der Waals surface area contributed by atoms with Gasteiger partial charge in [-0.2, -0.15) is 5.26 Å². The molecule has 1 aromatic carbocycles. The lowest BCUT2D eigenvalue weighted by Crippen LogP contribution is -2.01. The minimum Gasteiger partial charge on any atom is -0.279 e. The molecule has 0 spiro atoms. The third-order valence-corrected chi connectivity index (χ3v) is 2.82. The predicted molar refractivity (Wildman–Crippen MR) is 73.5 cm³/mol. The van der Waals surface area contributed by atoms with Crippen LogP contribution < -0.4 is 0 Å². The summed E-state index contributed by atoms with van der Waals surface area (Å²) in [6, 6.07) is 13.8. The van der Waals surface area contributed by atoms with Gasteiger partial charge in [0.25, 0.3) is 0 Å². The van der Waals surface area contributed by atoms with E-state index in [1.165, 1.54) is 6.08 Å². The highest BCUT2D eigenvalue weighted by Crippen LogP contribution is 2.23. The van der Waals surface area contributed by atoms with E-state index in [-0.39, 0.29) is 0 Å². The molecule has 2 aromatic heterocycles. The van der Waals surface area contributed by atoms with Crippen LogP contribution in [0.1, 0.15) is 5.69 Å². The smallest absolute Gasteiger partial charge is 0.234 e. The molecule has 0 amide bonds. The molecule has 2 heterocycles. The normalized spacial score (nSPS) is 10.9. The fraction of sp³-hybridized carbons (Fsp3) is 0. The predicted octanol–water partition coefficient (Wildman–Crippen LogP) is 2.96. The molecule has 0 bridgehead atoms. The van der Waals surface area contributed by atoms with E-state index in [1.54, 1.807) is 24.5 Å². The first-order valence-electron chi connectivity index (χ1n) is 5.84. The number of hydrogen-bond donors (Lipinski definition) is 0. The lowest BCUT2D eigenvalue weighted by atomic mass is 10.2. The zero-order valence-corrected chi connectivity index (χ0v) is 10.1. The second-order valence-corrected chi connectivity index (χ2v) is 3.97. The Balaban J connectivity index is 2.31. The standard InChI is InChI=1S/C15H10N4/c16-8-3-6-13-11-12-5-1-2-7-14(12)19(13)15-17-9-4-10-18-15/h1-7,9-11H/b6-3+. The Kier molecular flexibility index (Phi) is 2.79. The number of allylic oxidation sites excluding steroid dienone is 1. The number of rotatable bonds is 2. The molecule has 0 aliphatic carbocycles. The number of fused-ring (bicyclic) bond motifs is 1. The van der Waals surface area contributed by atoms with Gasteiger partial charge in [-0.3, -0.25) is 4.57 Å². The van der Waals surface area contributed by atoms with Gasteiger partial charge in [-0.15, -0.1) is 0 Å². The third kappa shape index (κ3) is 1.98. The zero-order valence-electron chi connectivity index (χ0n) is 10.1. The van der Waals surface area contributed by atoms with Crippen LogP contribution in [-0.4, -0.2) is 14.5 Å². The van der Waals surface area contributed by atoms with E-state index in [9.17, 15) is 0 Å². The van der Waals surface area contributed by atoms with Gasteiger partial charge >= 0.3 is 0 Å². The van der Waals surface area contributed by atoms with Crippen molar-refractivity contribution in [1.82, 2.24) is 14.5 Å². The van der Waals surface area contributed by atoms with E-state index in [0.29, 0.717) is 5.95 Å². The van der Waals surface area contributed by atoms with Crippen LogP contribution in [0.25, 0.3) is 22.9 Å². The largest absolute Gasteiger partial charge is 0.279 e. The highest BCUT2D eigenvalue weighted by Gasteiger charge is 2.09. The minimum absolute atomic E-state index is 0.598. The summed E-state index contributed by atoms with van der Waals surface area (Å²) in [5.74, 6) is 0.598. The lowest BCUT2D eigenvalue weighted by molar-refractivity contribution is 0.953. The maximum absolute atomic E-state index is 8.69. The second kappa shape index (κ2) is 4.75. The number of benzene rings is 1. The first-order chi connectivity index (χ1) is 9.40. The first-order valence-corrected chi connectivity index (χ1v) is 5.84. The van der Waals surface area contributed by atoms with Crippen molar-refractivity contribution in [2.24, 2.45) is 0 Å². The van der Waals surface area contributed by atoms with Crippen molar-refractivity contribution in [3.05, 3.63) is 60.6 Å². The molecule has 0 unspecified atom stereocenters. The lowest BCUT2D eigenvalue weighted by Gasteiger charge is -2.05. The van der Waals surface area contributed by atoms with Gasteiger partial charge in [0.05, 0.1) is 17.3 Å². The van der Waals surface area contributed by atoms with Crippen LogP contribution >= 0.6 is 0 Å². The van der Waals surface area contributed by atoms with Gasteiger partial charge in [0.15, 0.2) is 0 Å². The Hall–Kier alpha value is -2.93. The van der Waals surface area contributed by atoms with Crippen LogP contribution in [0, 0.1) is 11.3 Å². The van der Waals surface area contributed by atoms with E-state index < -0.39 is 0 Å². The summed E-state index contributed by atoms with van der Waals surface area (Å²) in [6.07, 6.45) is 6.62. The number of nitrogens with zero attached hydrogens (tertiary/aromatic N) is 4. The molecule has 0 radical (unpaired) electrons. The van der Waals surface area contributed by atoms with Gasteiger partial charge in [-0.25, -0.2) is 9.97 Å². The van der Waals surface area contributed by atoms with Gasteiger partial charge in [0, 0.05) is 23.9 Å². The highest BCUT2D eigenvalue weighted by atomic mass is 15.1. The zero-order chi connectivity index (χ0) is 13.1. The van der Waals surface area contributed by atoms with Crippen molar-refractivity contribution in [3.8, 4) is 12.0 Å². The summed E-state index contributed by atoms with van der Waals surface area (Å²) in [5, 5.41) is 9.78. The maximum Gasteiger partial charge on any atom is 0.234 e. The fourth-order valence-electron chi connectivity index (χ4n) is 2.05. The van der Waals surface area contributed by atoms with Crippen LogP contribution in [-0.2, 0) is 0 Å². The summed E-state index contributed by atoms with van der Waals surface area (Å²) >= 11 is 0. The van der Waals surface area contributed by atoms with Gasteiger partial charge in [0.1, 0.15) is 0 Å². The molecule has 90 valence electrons. The molecule has 0 atom stereocenters. The molecule has 0 aliphatic rings. The number of nitriles is 1. The van der Waals surface area contributed by atoms with Gasteiger partial charge in [-0.1, -0.05) is 18.2 Å². The van der Waals surface area contributed by atoms with Crippen molar-refractivity contribution in [1.29, 1.82) is 5.26 Å². The van der Waals surface area contributed by atoms with Crippen molar-refractivity contribution in [2.75, 3.05) is 0 Å². The molecule has 0 N–H and O–H groups in total. The number of aromatic nitrogens is 3. The average Bonchev–Trinajstić information content (AvgIpc) is 2.84. The molecule has 3 aromatic rings. The van der Waals surface area contributed by atoms with Crippen molar-refractivity contribution in [2.45, 2.75) is 0 Å². The Morgan fingerprint density at radius 1 is 1.11 bits per heavy atom. The van der Waals surface area contributed by atoms with Crippen molar-refractivity contribution in [3.63, 3.8) is 0 Å². The Morgan fingerprint density at radius 3 is 2.68 bits per heavy atom. The molecule has 3 rings (SSSR count). The Bertz CT molecular complexity index is 779. The van der Waals surface area contributed by atoms with Crippen LogP contribution in [0.15, 0.2) is 54.9 Å². The summed E-state index contributed by atoms with van der Waals surface area (Å²) in [6.45, 7) is 0. The van der Waals surface area contributed by atoms with Crippen LogP contribution in [0.3, 0.4) is 0 Å². The Morgan fingerprint density at radius 2 is 1.89 bits per heavy atom. The molecule has 19 heavy (non-hydrogen) atoms. The second-order valence-electron chi connectivity index (χ2n) is 3.97. The molecule has 0 aliphatic heterocycles. The first kappa shape index (κ1) is 11.2. The summed E-state index contributed by atoms with van der Waals surface area (Å²) in [4.78, 5) is 8.55. The van der Waals surface area contributed by atoms with Crippen LogP contribution in [0.2, 0.25) is 0 Å². The average molecular weight is 246 g/mol. The van der Waals surface area contributed by atoms with Gasteiger partial charge in [0.2, 0.25) is 5.95 Å². The van der Waals surface area contributed by atoms with Gasteiger partial charge < -0.3 is 0 Å². The van der Waals surface area contributed by atoms with Crippen LogP contribution in [0.5, 0.6) is 0 Å². The van der Waals surface area contributed by atoms with E-state index >= 15 is 0 Å². The molecular weight excluding hydrogens is 236 g/mol. The summed E-state index contributed by atoms with van der Waals surface area (Å²) in [5.41, 5.74) is 1.90. The number of hydrogen-bond acceptors (Lipinski definition) is 3. The molecule has 4 heteroatoms.